The lowest BCUT2D eigenvalue weighted by Gasteiger charge is -2.05. The van der Waals surface area contributed by atoms with Gasteiger partial charge in [-0.3, -0.25) is 4.79 Å². The number of nitrogens with zero attached hydrogens (tertiary/aromatic N) is 1. The highest BCUT2D eigenvalue weighted by molar-refractivity contribution is 9.10. The zero-order valence-corrected chi connectivity index (χ0v) is 11.3. The number of benzene rings is 1. The minimum absolute atomic E-state index is 0.388. The van der Waals surface area contributed by atoms with Gasteiger partial charge in [-0.25, -0.2) is 0 Å². The minimum atomic E-state index is -0.388. The number of hydrogen-bond donors (Lipinski definition) is 1. The maximum Gasteiger partial charge on any atom is 0.250 e. The first-order chi connectivity index (χ1) is 8.00. The Hall–Kier alpha value is -1.55. The number of halogens is 1. The van der Waals surface area contributed by atoms with Crippen molar-refractivity contribution < 1.29 is 4.79 Å². The minimum Gasteiger partial charge on any atom is -0.366 e. The standard InChI is InChI=1S/C13H13BrN2O/c1-8-11(13(15)17)7-12(16(8)2)9-3-5-10(14)6-4-9/h3-7H,1-2H3,(H2,15,17). The quantitative estimate of drug-likeness (QED) is 0.909. The molecule has 1 heterocycles. The maximum absolute atomic E-state index is 11.3. The highest BCUT2D eigenvalue weighted by atomic mass is 79.9. The third-order valence-electron chi connectivity index (χ3n) is 2.94. The summed E-state index contributed by atoms with van der Waals surface area (Å²) in [6, 6.07) is 9.79. The van der Waals surface area contributed by atoms with E-state index in [1.54, 1.807) is 0 Å². The summed E-state index contributed by atoms with van der Waals surface area (Å²) in [4.78, 5) is 11.3. The van der Waals surface area contributed by atoms with Crippen LogP contribution < -0.4 is 5.73 Å². The van der Waals surface area contributed by atoms with Gasteiger partial charge in [-0.1, -0.05) is 28.1 Å². The fraction of sp³-hybridized carbons (Fsp3) is 0.154. The highest BCUT2D eigenvalue weighted by Gasteiger charge is 2.13. The molecule has 4 heteroatoms. The van der Waals surface area contributed by atoms with Gasteiger partial charge in [0.1, 0.15) is 0 Å². The van der Waals surface area contributed by atoms with E-state index in [4.69, 9.17) is 5.73 Å². The van der Waals surface area contributed by atoms with Crippen LogP contribution in [0.15, 0.2) is 34.8 Å². The van der Waals surface area contributed by atoms with Crippen LogP contribution in [0.5, 0.6) is 0 Å². The molecule has 1 aromatic carbocycles. The molecule has 3 nitrogen and oxygen atoms in total. The number of nitrogens with two attached hydrogens (primary N) is 1. The van der Waals surface area contributed by atoms with Gasteiger partial charge in [0.05, 0.1) is 5.56 Å². The van der Waals surface area contributed by atoms with Crippen molar-refractivity contribution in [2.45, 2.75) is 6.92 Å². The fourth-order valence-electron chi connectivity index (χ4n) is 1.85. The van der Waals surface area contributed by atoms with Gasteiger partial charge in [-0.15, -0.1) is 0 Å². The zero-order chi connectivity index (χ0) is 12.6. The van der Waals surface area contributed by atoms with Crippen molar-refractivity contribution in [2.24, 2.45) is 12.8 Å². The summed E-state index contributed by atoms with van der Waals surface area (Å²) in [7, 11) is 1.93. The van der Waals surface area contributed by atoms with E-state index in [-0.39, 0.29) is 5.91 Å². The lowest BCUT2D eigenvalue weighted by atomic mass is 10.1. The van der Waals surface area contributed by atoms with Crippen LogP contribution in [0.25, 0.3) is 11.3 Å². The van der Waals surface area contributed by atoms with Crippen molar-refractivity contribution in [1.82, 2.24) is 4.57 Å². The van der Waals surface area contributed by atoms with Crippen molar-refractivity contribution in [3.63, 3.8) is 0 Å². The summed E-state index contributed by atoms with van der Waals surface area (Å²) in [5.74, 6) is -0.388. The van der Waals surface area contributed by atoms with Gasteiger partial charge in [0, 0.05) is 22.9 Å². The second-order valence-electron chi connectivity index (χ2n) is 3.96. The summed E-state index contributed by atoms with van der Waals surface area (Å²) < 4.78 is 3.01. The Morgan fingerprint density at radius 1 is 1.29 bits per heavy atom. The molecule has 0 unspecified atom stereocenters. The van der Waals surface area contributed by atoms with Gasteiger partial charge < -0.3 is 10.3 Å². The van der Waals surface area contributed by atoms with Crippen LogP contribution in [-0.4, -0.2) is 10.5 Å². The Balaban J connectivity index is 2.56. The SMILES string of the molecule is Cc1c(C(N)=O)cc(-c2ccc(Br)cc2)n1C. The summed E-state index contributed by atoms with van der Waals surface area (Å²) in [5, 5.41) is 0. The van der Waals surface area contributed by atoms with Crippen LogP contribution in [0.2, 0.25) is 0 Å². The van der Waals surface area contributed by atoms with E-state index in [0.29, 0.717) is 5.56 Å². The van der Waals surface area contributed by atoms with Gasteiger partial charge in [-0.05, 0) is 30.7 Å². The number of amides is 1. The highest BCUT2D eigenvalue weighted by Crippen LogP contribution is 2.25. The Morgan fingerprint density at radius 2 is 1.88 bits per heavy atom. The van der Waals surface area contributed by atoms with Gasteiger partial charge in [0.25, 0.3) is 5.91 Å². The number of carbonyl (C=O) groups excluding carboxylic acids is 1. The molecule has 0 atom stereocenters. The molecule has 0 aliphatic heterocycles. The number of hydrogen-bond acceptors (Lipinski definition) is 1. The largest absolute Gasteiger partial charge is 0.366 e. The van der Waals surface area contributed by atoms with Gasteiger partial charge in [-0.2, -0.15) is 0 Å². The summed E-state index contributed by atoms with van der Waals surface area (Å²) in [5.41, 5.74) is 8.85. The molecule has 0 aliphatic carbocycles. The van der Waals surface area contributed by atoms with E-state index in [2.05, 4.69) is 15.9 Å². The Bertz CT molecular complexity index is 570. The topological polar surface area (TPSA) is 48.0 Å². The van der Waals surface area contributed by atoms with Crippen molar-refractivity contribution in [1.29, 1.82) is 0 Å². The Morgan fingerprint density at radius 3 is 2.35 bits per heavy atom. The fourth-order valence-corrected chi connectivity index (χ4v) is 2.11. The van der Waals surface area contributed by atoms with Gasteiger partial charge in [0.2, 0.25) is 0 Å². The molecular weight excluding hydrogens is 280 g/mol. The monoisotopic (exact) mass is 292 g/mol. The predicted octanol–water partition coefficient (Wildman–Crippen LogP) is 2.86. The average Bonchev–Trinajstić information content (AvgIpc) is 2.58. The van der Waals surface area contributed by atoms with Crippen LogP contribution in [0, 0.1) is 6.92 Å². The van der Waals surface area contributed by atoms with E-state index < -0.39 is 0 Å². The molecule has 17 heavy (non-hydrogen) atoms. The lowest BCUT2D eigenvalue weighted by Crippen LogP contribution is -2.11. The molecule has 0 radical (unpaired) electrons. The van der Waals surface area contributed by atoms with Crippen molar-refractivity contribution in [3.8, 4) is 11.3 Å². The van der Waals surface area contributed by atoms with E-state index in [1.807, 2.05) is 48.9 Å². The lowest BCUT2D eigenvalue weighted by molar-refractivity contribution is 0.0999. The molecule has 1 aromatic heterocycles. The average molecular weight is 293 g/mol. The predicted molar refractivity (Wildman–Crippen MR) is 71.8 cm³/mol. The molecule has 2 rings (SSSR count). The molecule has 0 bridgehead atoms. The van der Waals surface area contributed by atoms with Gasteiger partial charge in [0.15, 0.2) is 0 Å². The first-order valence-electron chi connectivity index (χ1n) is 5.22. The molecule has 0 aliphatic rings. The molecule has 0 spiro atoms. The first-order valence-corrected chi connectivity index (χ1v) is 6.02. The van der Waals surface area contributed by atoms with Crippen molar-refractivity contribution in [3.05, 3.63) is 46.1 Å². The Labute approximate surface area is 108 Å². The Kier molecular flexibility index (Phi) is 3.07. The van der Waals surface area contributed by atoms with Crippen molar-refractivity contribution in [2.75, 3.05) is 0 Å². The maximum atomic E-state index is 11.3. The molecule has 0 saturated heterocycles. The van der Waals surface area contributed by atoms with E-state index in [1.165, 1.54) is 0 Å². The summed E-state index contributed by atoms with van der Waals surface area (Å²) in [6.07, 6.45) is 0. The molecule has 88 valence electrons. The van der Waals surface area contributed by atoms with Crippen LogP contribution in [-0.2, 0) is 7.05 Å². The third kappa shape index (κ3) is 2.13. The summed E-state index contributed by atoms with van der Waals surface area (Å²) in [6.45, 7) is 1.89. The first kappa shape index (κ1) is 11.9. The molecule has 1 amide bonds. The third-order valence-corrected chi connectivity index (χ3v) is 3.47. The van der Waals surface area contributed by atoms with E-state index in [0.717, 1.165) is 21.4 Å². The van der Waals surface area contributed by atoms with Crippen LogP contribution in [0.3, 0.4) is 0 Å². The second-order valence-corrected chi connectivity index (χ2v) is 4.87. The van der Waals surface area contributed by atoms with E-state index in [9.17, 15) is 4.79 Å². The molecule has 0 saturated carbocycles. The number of aromatic nitrogens is 1. The number of rotatable bonds is 2. The number of primary amides is 1. The van der Waals surface area contributed by atoms with Crippen LogP contribution in [0.1, 0.15) is 16.1 Å². The normalized spacial score (nSPS) is 10.5. The smallest absolute Gasteiger partial charge is 0.250 e. The molecule has 2 N–H and O–H groups in total. The zero-order valence-electron chi connectivity index (χ0n) is 9.70. The number of carbonyl (C=O) groups is 1. The molecular formula is C13H13BrN2O. The van der Waals surface area contributed by atoms with Gasteiger partial charge >= 0.3 is 0 Å². The second kappa shape index (κ2) is 4.37. The van der Waals surface area contributed by atoms with E-state index >= 15 is 0 Å². The van der Waals surface area contributed by atoms with Crippen LogP contribution in [0.4, 0.5) is 0 Å². The summed E-state index contributed by atoms with van der Waals surface area (Å²) >= 11 is 3.40. The van der Waals surface area contributed by atoms with Crippen LogP contribution >= 0.6 is 15.9 Å². The van der Waals surface area contributed by atoms with Crippen molar-refractivity contribution >= 4 is 21.8 Å². The molecule has 0 fully saturated rings. The molecule has 2 aromatic rings.